The van der Waals surface area contributed by atoms with E-state index in [4.69, 9.17) is 0 Å². The Hall–Kier alpha value is -3.81. The molecule has 0 aliphatic carbocycles. The molecule has 8 nitrogen and oxygen atoms in total. The fourth-order valence-corrected chi connectivity index (χ4v) is 4.38. The van der Waals surface area contributed by atoms with Gasteiger partial charge in [0.05, 0.1) is 17.2 Å². The number of carbonyl (C=O) groups is 1. The molecule has 0 unspecified atom stereocenters. The normalized spacial score (nSPS) is 13.5. The van der Waals surface area contributed by atoms with E-state index < -0.39 is 0 Å². The van der Waals surface area contributed by atoms with Gasteiger partial charge < -0.3 is 9.88 Å². The molecule has 0 saturated heterocycles. The number of carbonyl (C=O) groups excluding carboxylic acids is 1. The number of nitrogens with zero attached hydrogens (tertiary/aromatic N) is 5. The minimum Gasteiger partial charge on any atom is -0.326 e. The number of aryl methyl sites for hydroxylation is 3. The third-order valence-corrected chi connectivity index (χ3v) is 6.15. The molecule has 2 aromatic carbocycles. The molecule has 0 radical (unpaired) electrons. The number of aromatic nitrogens is 5. The van der Waals surface area contributed by atoms with Crippen LogP contribution in [0, 0.1) is 6.92 Å². The lowest BCUT2D eigenvalue weighted by Gasteiger charge is -2.10. The lowest BCUT2D eigenvalue weighted by atomic mass is 10.1. The maximum absolute atomic E-state index is 12.7. The van der Waals surface area contributed by atoms with Gasteiger partial charge in [0.2, 0.25) is 5.91 Å². The van der Waals surface area contributed by atoms with Gasteiger partial charge in [0.1, 0.15) is 5.82 Å². The summed E-state index contributed by atoms with van der Waals surface area (Å²) in [5.41, 5.74) is 3.15. The molecule has 0 spiro atoms. The highest BCUT2D eigenvalue weighted by Gasteiger charge is 2.16. The van der Waals surface area contributed by atoms with E-state index in [-0.39, 0.29) is 24.4 Å². The number of fused-ring (bicyclic) bond motifs is 2. The number of nitrogens with one attached hydrogen (secondary N) is 1. The Labute approximate surface area is 191 Å². The van der Waals surface area contributed by atoms with Crippen molar-refractivity contribution in [1.82, 2.24) is 24.3 Å². The molecule has 1 N–H and O–H groups in total. The Morgan fingerprint density at radius 3 is 2.88 bits per heavy atom. The van der Waals surface area contributed by atoms with Crippen LogP contribution in [-0.4, -0.2) is 30.2 Å². The summed E-state index contributed by atoms with van der Waals surface area (Å²) in [4.78, 5) is 29.8. The number of benzene rings is 2. The number of hydrogen-bond donors (Lipinski definition) is 1. The second-order valence-corrected chi connectivity index (χ2v) is 8.50. The maximum Gasteiger partial charge on any atom is 0.261 e. The van der Waals surface area contributed by atoms with Gasteiger partial charge in [-0.1, -0.05) is 30.7 Å². The molecule has 0 atom stereocenters. The molecule has 1 aliphatic rings. The second kappa shape index (κ2) is 8.97. The van der Waals surface area contributed by atoms with Crippen molar-refractivity contribution >= 4 is 22.5 Å². The highest BCUT2D eigenvalue weighted by Crippen LogP contribution is 2.25. The summed E-state index contributed by atoms with van der Waals surface area (Å²) < 4.78 is 3.68. The van der Waals surface area contributed by atoms with Crippen molar-refractivity contribution in [2.24, 2.45) is 0 Å². The Kier molecular flexibility index (Phi) is 5.73. The summed E-state index contributed by atoms with van der Waals surface area (Å²) in [6, 6.07) is 13.2. The van der Waals surface area contributed by atoms with Crippen molar-refractivity contribution in [1.29, 1.82) is 0 Å². The minimum atomic E-state index is -0.163. The molecule has 33 heavy (non-hydrogen) atoms. The Bertz CT molecular complexity index is 1390. The molecule has 0 bridgehead atoms. The van der Waals surface area contributed by atoms with Crippen LogP contribution in [0.15, 0.2) is 53.6 Å². The highest BCUT2D eigenvalue weighted by molar-refractivity contribution is 5.91. The van der Waals surface area contributed by atoms with E-state index in [2.05, 4.69) is 25.1 Å². The highest BCUT2D eigenvalue weighted by atomic mass is 16.2. The van der Waals surface area contributed by atoms with Crippen molar-refractivity contribution in [2.75, 3.05) is 5.32 Å². The average molecular weight is 443 g/mol. The molecule has 1 amide bonds. The van der Waals surface area contributed by atoms with Crippen molar-refractivity contribution in [2.45, 2.75) is 52.1 Å². The fraction of sp³-hybridized carbons (Fsp3) is 0.320. The number of anilines is 1. The molecule has 168 valence electrons. The lowest BCUT2D eigenvalue weighted by Crippen LogP contribution is -2.23. The molecular formula is C25H26N6O2. The molecule has 0 saturated carbocycles. The maximum atomic E-state index is 12.7. The fourth-order valence-electron chi connectivity index (χ4n) is 4.38. The van der Waals surface area contributed by atoms with E-state index in [1.807, 2.05) is 43.3 Å². The van der Waals surface area contributed by atoms with Crippen molar-refractivity contribution in [3.63, 3.8) is 0 Å². The van der Waals surface area contributed by atoms with Gasteiger partial charge in [0.25, 0.3) is 5.56 Å². The zero-order valence-electron chi connectivity index (χ0n) is 18.6. The summed E-state index contributed by atoms with van der Waals surface area (Å²) in [6.07, 6.45) is 6.10. The van der Waals surface area contributed by atoms with Gasteiger partial charge in [-0.25, -0.2) is 4.98 Å². The second-order valence-electron chi connectivity index (χ2n) is 8.50. The molecule has 8 heteroatoms. The van der Waals surface area contributed by atoms with Gasteiger partial charge in [-0.15, -0.1) is 10.2 Å². The summed E-state index contributed by atoms with van der Waals surface area (Å²) in [5, 5.41) is 12.3. The molecule has 5 rings (SSSR count). The first-order chi connectivity index (χ1) is 16.1. The third-order valence-electron chi connectivity index (χ3n) is 6.15. The van der Waals surface area contributed by atoms with Gasteiger partial charge in [0.15, 0.2) is 5.82 Å². The number of rotatable bonds is 5. The van der Waals surface area contributed by atoms with E-state index in [0.717, 1.165) is 48.6 Å². The first kappa shape index (κ1) is 21.1. The molecule has 2 aromatic heterocycles. The topological polar surface area (TPSA) is 94.7 Å². The van der Waals surface area contributed by atoms with Crippen LogP contribution in [0.2, 0.25) is 0 Å². The van der Waals surface area contributed by atoms with Gasteiger partial charge in [0, 0.05) is 37.2 Å². The number of para-hydroxylation sites is 1. The summed E-state index contributed by atoms with van der Waals surface area (Å²) in [7, 11) is 0. The van der Waals surface area contributed by atoms with Crippen LogP contribution in [0.1, 0.15) is 37.1 Å². The summed E-state index contributed by atoms with van der Waals surface area (Å²) in [6.45, 7) is 3.11. The first-order valence-electron chi connectivity index (χ1n) is 11.4. The van der Waals surface area contributed by atoms with Crippen LogP contribution >= 0.6 is 0 Å². The Morgan fingerprint density at radius 2 is 1.97 bits per heavy atom. The van der Waals surface area contributed by atoms with E-state index in [0.29, 0.717) is 16.6 Å². The summed E-state index contributed by atoms with van der Waals surface area (Å²) in [5.74, 6) is 1.71. The minimum absolute atomic E-state index is 0.133. The average Bonchev–Trinajstić information content (AvgIpc) is 3.07. The molecule has 0 fully saturated rings. The predicted octanol–water partition coefficient (Wildman–Crippen LogP) is 3.72. The van der Waals surface area contributed by atoms with Gasteiger partial charge in [-0.3, -0.25) is 14.2 Å². The monoisotopic (exact) mass is 442 g/mol. The van der Waals surface area contributed by atoms with Gasteiger partial charge >= 0.3 is 0 Å². The SMILES string of the molecule is Cc1cccc2c(=O)n(CCC(=O)Nc3cccc(-c4nnc5n4CCCCC5)c3)cnc12. The summed E-state index contributed by atoms with van der Waals surface area (Å²) >= 11 is 0. The van der Waals surface area contributed by atoms with Crippen molar-refractivity contribution in [3.05, 3.63) is 70.5 Å². The zero-order valence-corrected chi connectivity index (χ0v) is 18.6. The van der Waals surface area contributed by atoms with Crippen LogP contribution in [-0.2, 0) is 24.3 Å². The van der Waals surface area contributed by atoms with Crippen LogP contribution in [0.4, 0.5) is 5.69 Å². The van der Waals surface area contributed by atoms with E-state index >= 15 is 0 Å². The first-order valence-corrected chi connectivity index (χ1v) is 11.4. The van der Waals surface area contributed by atoms with Crippen LogP contribution in [0.3, 0.4) is 0 Å². The standard InChI is InChI=1S/C25H26N6O2/c1-17-7-5-10-20-23(17)26-16-30(25(20)33)14-12-22(32)27-19-9-6-8-18(15-19)24-29-28-21-11-3-2-4-13-31(21)24/h5-10,15-16H,2-4,11-14H2,1H3,(H,27,32). The number of hydrogen-bond acceptors (Lipinski definition) is 5. The van der Waals surface area contributed by atoms with E-state index in [9.17, 15) is 9.59 Å². The largest absolute Gasteiger partial charge is 0.326 e. The third kappa shape index (κ3) is 4.28. The van der Waals surface area contributed by atoms with Crippen LogP contribution < -0.4 is 10.9 Å². The number of amides is 1. The molecular weight excluding hydrogens is 416 g/mol. The Balaban J connectivity index is 1.29. The quantitative estimate of drug-likeness (QED) is 0.508. The van der Waals surface area contributed by atoms with Gasteiger partial charge in [-0.2, -0.15) is 0 Å². The van der Waals surface area contributed by atoms with Gasteiger partial charge in [-0.05, 0) is 43.5 Å². The lowest BCUT2D eigenvalue weighted by molar-refractivity contribution is -0.116. The zero-order chi connectivity index (χ0) is 22.8. The van der Waals surface area contributed by atoms with Crippen LogP contribution in [0.5, 0.6) is 0 Å². The Morgan fingerprint density at radius 1 is 1.09 bits per heavy atom. The van der Waals surface area contributed by atoms with E-state index in [1.165, 1.54) is 17.3 Å². The van der Waals surface area contributed by atoms with Crippen LogP contribution in [0.25, 0.3) is 22.3 Å². The molecule has 4 aromatic rings. The van der Waals surface area contributed by atoms with E-state index in [1.54, 1.807) is 6.07 Å². The smallest absolute Gasteiger partial charge is 0.261 e. The predicted molar refractivity (Wildman–Crippen MR) is 127 cm³/mol. The van der Waals surface area contributed by atoms with Crippen molar-refractivity contribution in [3.8, 4) is 11.4 Å². The molecule has 1 aliphatic heterocycles. The molecule has 3 heterocycles. The van der Waals surface area contributed by atoms with Crippen molar-refractivity contribution < 1.29 is 4.79 Å².